The molecule has 1 saturated carbocycles. The van der Waals surface area contributed by atoms with Crippen LogP contribution >= 0.6 is 11.3 Å². The Morgan fingerprint density at radius 3 is 2.60 bits per heavy atom. The zero-order chi connectivity index (χ0) is 17.7. The number of thiazole rings is 1. The first-order valence-corrected chi connectivity index (χ1v) is 10.7. The molecule has 134 valence electrons. The molecule has 0 bridgehead atoms. The second-order valence-corrected chi connectivity index (χ2v) is 8.71. The van der Waals surface area contributed by atoms with Gasteiger partial charge in [0.15, 0.2) is 5.13 Å². The molecule has 8 heteroatoms. The first kappa shape index (κ1) is 17.9. The van der Waals surface area contributed by atoms with E-state index in [2.05, 4.69) is 15.0 Å². The molecule has 1 aliphatic carbocycles. The first-order chi connectivity index (χ1) is 12.0. The van der Waals surface area contributed by atoms with Crippen molar-refractivity contribution in [1.82, 2.24) is 10.3 Å². The van der Waals surface area contributed by atoms with Crippen LogP contribution in [0.3, 0.4) is 0 Å². The predicted molar refractivity (Wildman–Crippen MR) is 98.3 cm³/mol. The quantitative estimate of drug-likeness (QED) is 0.806. The summed E-state index contributed by atoms with van der Waals surface area (Å²) in [5.74, 6) is 0.277. The highest BCUT2D eigenvalue weighted by Crippen LogP contribution is 2.23. The lowest BCUT2D eigenvalue weighted by molar-refractivity contribution is 0.0939. The Morgan fingerprint density at radius 1 is 1.16 bits per heavy atom. The summed E-state index contributed by atoms with van der Waals surface area (Å²) >= 11 is 1.10. The zero-order valence-corrected chi connectivity index (χ0v) is 15.4. The molecule has 1 aliphatic rings. The van der Waals surface area contributed by atoms with E-state index in [0.717, 1.165) is 24.2 Å². The van der Waals surface area contributed by atoms with Gasteiger partial charge in [0.1, 0.15) is 5.69 Å². The van der Waals surface area contributed by atoms with Crippen LogP contribution in [0.5, 0.6) is 0 Å². The Hall–Kier alpha value is -1.93. The maximum atomic E-state index is 12.3. The fraction of sp³-hybridized carbons (Fsp3) is 0.412. The summed E-state index contributed by atoms with van der Waals surface area (Å²) in [5.41, 5.74) is 0.242. The molecule has 1 fully saturated rings. The lowest BCUT2D eigenvalue weighted by atomic mass is 9.89. The average Bonchev–Trinajstić information content (AvgIpc) is 3.09. The van der Waals surface area contributed by atoms with Crippen molar-refractivity contribution in [2.45, 2.75) is 37.0 Å². The molecule has 2 N–H and O–H groups in total. The van der Waals surface area contributed by atoms with Gasteiger partial charge < -0.3 is 5.32 Å². The average molecular weight is 380 g/mol. The molecule has 0 unspecified atom stereocenters. The Morgan fingerprint density at radius 2 is 1.88 bits per heavy atom. The third-order valence-corrected chi connectivity index (χ3v) is 6.53. The molecule has 1 aromatic carbocycles. The molecule has 0 aliphatic heterocycles. The van der Waals surface area contributed by atoms with Gasteiger partial charge in [-0.1, -0.05) is 37.5 Å². The highest BCUT2D eigenvalue weighted by Gasteiger charge is 2.19. The van der Waals surface area contributed by atoms with Crippen molar-refractivity contribution in [3.05, 3.63) is 41.4 Å². The minimum atomic E-state index is -3.69. The van der Waals surface area contributed by atoms with Crippen LogP contribution in [0.2, 0.25) is 0 Å². The van der Waals surface area contributed by atoms with Crippen LogP contribution in [0.25, 0.3) is 0 Å². The summed E-state index contributed by atoms with van der Waals surface area (Å²) in [6.07, 6.45) is 6.03. The topological polar surface area (TPSA) is 88.2 Å². The number of rotatable bonds is 6. The van der Waals surface area contributed by atoms with Gasteiger partial charge in [0, 0.05) is 11.9 Å². The largest absolute Gasteiger partial charge is 0.350 e. The normalized spacial score (nSPS) is 15.7. The van der Waals surface area contributed by atoms with Gasteiger partial charge >= 0.3 is 0 Å². The van der Waals surface area contributed by atoms with Gasteiger partial charge in [-0.05, 0) is 30.9 Å². The van der Waals surface area contributed by atoms with Gasteiger partial charge in [0.25, 0.3) is 15.9 Å². The third-order valence-electron chi connectivity index (χ3n) is 4.29. The molecule has 2 aromatic rings. The molecule has 25 heavy (non-hydrogen) atoms. The molecule has 1 aromatic heterocycles. The van der Waals surface area contributed by atoms with Gasteiger partial charge in [-0.15, -0.1) is 11.3 Å². The van der Waals surface area contributed by atoms with Crippen LogP contribution in [0, 0.1) is 5.92 Å². The predicted octanol–water partition coefficient (Wildman–Crippen LogP) is 3.25. The number of carbonyl (C=O) groups is 1. The lowest BCUT2D eigenvalue weighted by Crippen LogP contribution is -2.30. The summed E-state index contributed by atoms with van der Waals surface area (Å²) in [7, 11) is -3.69. The van der Waals surface area contributed by atoms with Gasteiger partial charge in [0.2, 0.25) is 0 Å². The van der Waals surface area contributed by atoms with E-state index in [-0.39, 0.29) is 21.6 Å². The molecule has 0 spiro atoms. The van der Waals surface area contributed by atoms with Crippen LogP contribution in [0.1, 0.15) is 42.6 Å². The van der Waals surface area contributed by atoms with Crippen molar-refractivity contribution < 1.29 is 13.2 Å². The number of carbonyl (C=O) groups excluding carboxylic acids is 1. The molecule has 3 rings (SSSR count). The number of aromatic nitrogens is 1. The minimum Gasteiger partial charge on any atom is -0.350 e. The molecular weight excluding hydrogens is 358 g/mol. The maximum absolute atomic E-state index is 12.3. The van der Waals surface area contributed by atoms with Crippen molar-refractivity contribution in [1.29, 1.82) is 0 Å². The monoisotopic (exact) mass is 379 g/mol. The molecule has 6 nitrogen and oxygen atoms in total. The van der Waals surface area contributed by atoms with E-state index < -0.39 is 10.0 Å². The number of nitrogens with zero attached hydrogens (tertiary/aromatic N) is 1. The summed E-state index contributed by atoms with van der Waals surface area (Å²) in [6, 6.07) is 8.07. The highest BCUT2D eigenvalue weighted by molar-refractivity contribution is 7.93. The maximum Gasteiger partial charge on any atom is 0.270 e. The Balaban J connectivity index is 1.59. The Kier molecular flexibility index (Phi) is 5.70. The number of hydrogen-bond donors (Lipinski definition) is 2. The molecule has 1 amide bonds. The Labute approximate surface area is 151 Å². The van der Waals surface area contributed by atoms with Gasteiger partial charge in [-0.2, -0.15) is 0 Å². The van der Waals surface area contributed by atoms with Crippen LogP contribution in [-0.2, 0) is 10.0 Å². The number of hydrogen-bond acceptors (Lipinski definition) is 5. The van der Waals surface area contributed by atoms with Gasteiger partial charge in [-0.25, -0.2) is 13.4 Å². The van der Waals surface area contributed by atoms with Crippen LogP contribution < -0.4 is 10.0 Å². The smallest absolute Gasteiger partial charge is 0.270 e. The summed E-state index contributed by atoms with van der Waals surface area (Å²) in [4.78, 5) is 16.5. The number of sulfonamides is 1. The van der Waals surface area contributed by atoms with E-state index in [1.54, 1.807) is 23.6 Å². The lowest BCUT2D eigenvalue weighted by Gasteiger charge is -2.21. The first-order valence-electron chi connectivity index (χ1n) is 8.36. The van der Waals surface area contributed by atoms with E-state index in [4.69, 9.17) is 0 Å². The van der Waals surface area contributed by atoms with Gasteiger partial charge in [-0.3, -0.25) is 9.52 Å². The molecule has 0 radical (unpaired) electrons. The second kappa shape index (κ2) is 7.97. The summed E-state index contributed by atoms with van der Waals surface area (Å²) in [5, 5.41) is 4.66. The fourth-order valence-electron chi connectivity index (χ4n) is 2.92. The van der Waals surface area contributed by atoms with Crippen molar-refractivity contribution in [3.63, 3.8) is 0 Å². The molecule has 0 saturated heterocycles. The van der Waals surface area contributed by atoms with E-state index in [0.29, 0.717) is 12.5 Å². The molecular formula is C17H21N3O3S2. The SMILES string of the molecule is O=C(NCC1CCCCC1)c1csc(NS(=O)(=O)c2ccccc2)n1. The van der Waals surface area contributed by atoms with E-state index in [1.807, 2.05) is 0 Å². The summed E-state index contributed by atoms with van der Waals surface area (Å²) < 4.78 is 27.0. The Bertz CT molecular complexity index is 813. The van der Waals surface area contributed by atoms with Crippen molar-refractivity contribution >= 4 is 32.4 Å². The number of benzene rings is 1. The number of amides is 1. The summed E-state index contributed by atoms with van der Waals surface area (Å²) in [6.45, 7) is 0.654. The molecule has 0 atom stereocenters. The van der Waals surface area contributed by atoms with E-state index in [1.165, 1.54) is 31.4 Å². The van der Waals surface area contributed by atoms with Crippen LogP contribution in [0.15, 0.2) is 40.6 Å². The van der Waals surface area contributed by atoms with Crippen LogP contribution in [-0.4, -0.2) is 25.9 Å². The van der Waals surface area contributed by atoms with Crippen molar-refractivity contribution in [2.24, 2.45) is 5.92 Å². The van der Waals surface area contributed by atoms with Crippen LogP contribution in [0.4, 0.5) is 5.13 Å². The standard InChI is InChI=1S/C17H21N3O3S2/c21-16(18-11-13-7-3-1-4-8-13)15-12-24-17(19-15)20-25(22,23)14-9-5-2-6-10-14/h2,5-6,9-10,12-13H,1,3-4,7-8,11H2,(H,18,21)(H,19,20). The number of anilines is 1. The molecule has 1 heterocycles. The third kappa shape index (κ3) is 4.79. The second-order valence-electron chi connectivity index (χ2n) is 6.17. The van der Waals surface area contributed by atoms with E-state index >= 15 is 0 Å². The minimum absolute atomic E-state index is 0.161. The zero-order valence-electron chi connectivity index (χ0n) is 13.8. The van der Waals surface area contributed by atoms with Gasteiger partial charge in [0.05, 0.1) is 4.90 Å². The van der Waals surface area contributed by atoms with Crippen molar-refractivity contribution in [3.8, 4) is 0 Å². The highest BCUT2D eigenvalue weighted by atomic mass is 32.2. The van der Waals surface area contributed by atoms with E-state index in [9.17, 15) is 13.2 Å². The number of nitrogens with one attached hydrogen (secondary N) is 2. The van der Waals surface area contributed by atoms with Crippen molar-refractivity contribution in [2.75, 3.05) is 11.3 Å². The fourth-order valence-corrected chi connectivity index (χ4v) is 4.88.